The fraction of sp³-hybridized carbons (Fsp3) is 0.694. The summed E-state index contributed by atoms with van der Waals surface area (Å²) in [5.41, 5.74) is 1.07. The van der Waals surface area contributed by atoms with Crippen molar-refractivity contribution in [2.24, 2.45) is 67.7 Å². The molecule has 2 aromatic rings. The van der Waals surface area contributed by atoms with Gasteiger partial charge in [-0.05, 0) is 169 Å². The molecule has 1 aliphatic heterocycles. The lowest BCUT2D eigenvalue weighted by Gasteiger charge is -2.75. The van der Waals surface area contributed by atoms with Crippen LogP contribution in [-0.2, 0) is 9.59 Å². The number of methoxy groups -OCH3 is 1. The second kappa shape index (κ2) is 13.4. The van der Waals surface area contributed by atoms with E-state index in [1.54, 1.807) is 12.1 Å². The van der Waals surface area contributed by atoms with Crippen molar-refractivity contribution in [3.63, 3.8) is 0 Å². The van der Waals surface area contributed by atoms with Gasteiger partial charge in [0.2, 0.25) is 5.91 Å². The third-order valence-corrected chi connectivity index (χ3v) is 18.6. The third-order valence-electron chi connectivity index (χ3n) is 18.6. The van der Waals surface area contributed by atoms with Gasteiger partial charge >= 0.3 is 5.97 Å². The summed E-state index contributed by atoms with van der Waals surface area (Å²) in [6, 6.07) is 14.9. The van der Waals surface area contributed by atoms with E-state index in [4.69, 9.17) is 14.6 Å². The molecule has 0 bridgehead atoms. The van der Waals surface area contributed by atoms with Crippen molar-refractivity contribution in [1.82, 2.24) is 5.01 Å². The number of aliphatic hydroxyl groups is 1. The molecule has 7 heteroatoms. The molecule has 0 saturated heterocycles. The Hall–Kier alpha value is -3.19. The Balaban J connectivity index is 1.06. The van der Waals surface area contributed by atoms with Crippen molar-refractivity contribution in [2.75, 3.05) is 7.11 Å². The summed E-state index contributed by atoms with van der Waals surface area (Å²) in [6.07, 6.45) is 11.4. The molecule has 7 nitrogen and oxygen atoms in total. The highest BCUT2D eigenvalue weighted by molar-refractivity contribution is 6.03. The molecule has 8 rings (SSSR count). The molecular weight excluding hydrogens is 697 g/mol. The van der Waals surface area contributed by atoms with Crippen LogP contribution in [0.2, 0.25) is 0 Å². The summed E-state index contributed by atoms with van der Waals surface area (Å²) in [4.78, 5) is 27.5. The molecule has 5 aliphatic carbocycles. The van der Waals surface area contributed by atoms with E-state index < -0.39 is 17.0 Å². The largest absolute Gasteiger partial charge is 0.497 e. The average molecular weight is 765 g/mol. The lowest BCUT2D eigenvalue weighted by Crippen LogP contribution is -2.73. The average Bonchev–Trinajstić information content (AvgIpc) is 3.62. The molecule has 0 aromatic heterocycles. The molecule has 0 spiro atoms. The Morgan fingerprint density at radius 3 is 2.11 bits per heavy atom. The van der Waals surface area contributed by atoms with Crippen LogP contribution >= 0.6 is 0 Å². The molecule has 6 aliphatic rings. The minimum absolute atomic E-state index is 0.0110. The van der Waals surface area contributed by atoms with Crippen LogP contribution < -0.4 is 9.47 Å². The number of nitrogens with zero attached hydrogens (tertiary/aromatic N) is 2. The third kappa shape index (κ3) is 5.62. The van der Waals surface area contributed by atoms with Crippen molar-refractivity contribution >= 4 is 17.6 Å². The standard InChI is InChI=1S/C49H68N2O5/c1-30-21-23-45(6)26-27-46(7)37(42(45)31(30)2)19-20-41-47(46,8)24-22-40-44(4,5)25-28-49(54,48(40,41)9)43(53)56-36-17-13-34(14-18-36)39-29-38(50-51(39)32(3)52)33-11-15-35(55-10)16-12-33/h11-18,30-31,37,39-42,54H,19-29H2,1-10H3/t30-,31+,37-,39?,40+,41+,42+,45-,46-,47-,48+,49?/m1/s1. The number of carbonyl (C=O) groups is 2. The topological polar surface area (TPSA) is 88.4 Å². The maximum atomic E-state index is 14.8. The van der Waals surface area contributed by atoms with Crippen LogP contribution in [0.15, 0.2) is 53.6 Å². The number of hydrogen-bond donors (Lipinski definition) is 1. The smallest absolute Gasteiger partial charge is 0.344 e. The minimum Gasteiger partial charge on any atom is -0.497 e. The van der Waals surface area contributed by atoms with E-state index in [1.165, 1.54) is 39.0 Å². The van der Waals surface area contributed by atoms with Crippen molar-refractivity contribution < 1.29 is 24.2 Å². The van der Waals surface area contributed by atoms with E-state index in [0.29, 0.717) is 29.9 Å². The van der Waals surface area contributed by atoms with Crippen LogP contribution in [0.4, 0.5) is 0 Å². The van der Waals surface area contributed by atoms with Crippen molar-refractivity contribution in [1.29, 1.82) is 0 Å². The summed E-state index contributed by atoms with van der Waals surface area (Å²) in [5, 5.41) is 19.4. The SMILES string of the molecule is COc1ccc(C2=NN(C(C)=O)C(c3ccc(OC(=O)C4(O)CCC(C)(C)[C@@H]5CC[C@]6(C)[C@H](CC[C@@H]7[C@@H]8[C@@H](C)[C@H](C)CC[C@]8(C)CC[C@]76C)[C@]54C)cc3)C2)cc1. The lowest BCUT2D eigenvalue weighted by atomic mass is 9.30. The highest BCUT2D eigenvalue weighted by Gasteiger charge is 2.75. The van der Waals surface area contributed by atoms with Gasteiger partial charge in [0.05, 0.1) is 18.9 Å². The van der Waals surface area contributed by atoms with Gasteiger partial charge < -0.3 is 14.6 Å². The maximum Gasteiger partial charge on any atom is 0.344 e. The minimum atomic E-state index is -1.60. The Bertz CT molecular complexity index is 1890. The summed E-state index contributed by atoms with van der Waals surface area (Å²) in [5.74, 6) is 3.86. The van der Waals surface area contributed by atoms with Crippen molar-refractivity contribution in [3.05, 3.63) is 59.7 Å². The van der Waals surface area contributed by atoms with Crippen LogP contribution in [0, 0.1) is 62.6 Å². The molecule has 12 atom stereocenters. The number of benzene rings is 2. The Morgan fingerprint density at radius 2 is 1.45 bits per heavy atom. The van der Waals surface area contributed by atoms with Gasteiger partial charge in [-0.15, -0.1) is 0 Å². The molecule has 5 saturated carbocycles. The van der Waals surface area contributed by atoms with Gasteiger partial charge in [-0.1, -0.05) is 67.5 Å². The van der Waals surface area contributed by atoms with Gasteiger partial charge in [0, 0.05) is 18.8 Å². The first-order valence-electron chi connectivity index (χ1n) is 21.9. The van der Waals surface area contributed by atoms with Gasteiger partial charge in [0.1, 0.15) is 11.5 Å². The van der Waals surface area contributed by atoms with Gasteiger partial charge in [-0.3, -0.25) is 4.79 Å². The molecule has 5 fully saturated rings. The molecule has 56 heavy (non-hydrogen) atoms. The van der Waals surface area contributed by atoms with Crippen LogP contribution in [-0.4, -0.2) is 40.4 Å². The number of rotatable bonds is 5. The van der Waals surface area contributed by atoms with Gasteiger partial charge in [0.25, 0.3) is 0 Å². The van der Waals surface area contributed by atoms with Crippen LogP contribution in [0.25, 0.3) is 0 Å². The normalized spacial score (nSPS) is 42.7. The van der Waals surface area contributed by atoms with E-state index >= 15 is 0 Å². The number of carbonyl (C=O) groups excluding carboxylic acids is 2. The second-order valence-corrected chi connectivity index (χ2v) is 21.2. The van der Waals surface area contributed by atoms with Crippen molar-refractivity contribution in [3.8, 4) is 11.5 Å². The van der Waals surface area contributed by atoms with E-state index in [2.05, 4.69) is 55.4 Å². The van der Waals surface area contributed by atoms with Crippen molar-refractivity contribution in [2.45, 2.75) is 145 Å². The second-order valence-electron chi connectivity index (χ2n) is 21.2. The van der Waals surface area contributed by atoms with Crippen LogP contribution in [0.3, 0.4) is 0 Å². The Kier molecular flexibility index (Phi) is 9.50. The van der Waals surface area contributed by atoms with E-state index in [-0.39, 0.29) is 40.0 Å². The summed E-state index contributed by atoms with van der Waals surface area (Å²) >= 11 is 0. The highest BCUT2D eigenvalue weighted by Crippen LogP contribution is 2.78. The molecule has 1 N–H and O–H groups in total. The zero-order valence-corrected chi connectivity index (χ0v) is 35.9. The number of amides is 1. The Morgan fingerprint density at radius 1 is 0.768 bits per heavy atom. The molecular formula is C49H68N2O5. The first-order chi connectivity index (χ1) is 26.3. The quantitative estimate of drug-likeness (QED) is 0.242. The predicted octanol–water partition coefficient (Wildman–Crippen LogP) is 10.8. The highest BCUT2D eigenvalue weighted by atomic mass is 16.6. The molecule has 1 heterocycles. The number of ether oxygens (including phenoxy) is 2. The molecule has 1 amide bonds. The number of fused-ring (bicyclic) bond motifs is 7. The number of hydrazone groups is 1. The first-order valence-corrected chi connectivity index (χ1v) is 21.9. The number of hydrogen-bond acceptors (Lipinski definition) is 6. The summed E-state index contributed by atoms with van der Waals surface area (Å²) in [7, 11) is 1.64. The molecule has 2 unspecified atom stereocenters. The lowest BCUT2D eigenvalue weighted by molar-refractivity contribution is -0.290. The van der Waals surface area contributed by atoms with E-state index in [0.717, 1.165) is 66.0 Å². The first kappa shape index (κ1) is 39.6. The zero-order valence-electron chi connectivity index (χ0n) is 35.9. The Labute approximate surface area is 336 Å². The van der Waals surface area contributed by atoms with Gasteiger partial charge in [0.15, 0.2) is 5.60 Å². The van der Waals surface area contributed by atoms with E-state index in [9.17, 15) is 14.7 Å². The van der Waals surface area contributed by atoms with E-state index in [1.807, 2.05) is 48.5 Å². The fourth-order valence-electron chi connectivity index (χ4n) is 14.9. The van der Waals surface area contributed by atoms with Gasteiger partial charge in [-0.25, -0.2) is 9.80 Å². The predicted molar refractivity (Wildman–Crippen MR) is 221 cm³/mol. The fourth-order valence-corrected chi connectivity index (χ4v) is 14.9. The summed E-state index contributed by atoms with van der Waals surface area (Å²) in [6.45, 7) is 21.5. The molecule has 2 aromatic carbocycles. The zero-order chi connectivity index (χ0) is 40.2. The maximum absolute atomic E-state index is 14.8. The van der Waals surface area contributed by atoms with Crippen LogP contribution in [0.5, 0.6) is 11.5 Å². The molecule has 304 valence electrons. The van der Waals surface area contributed by atoms with Gasteiger partial charge in [-0.2, -0.15) is 5.10 Å². The monoisotopic (exact) mass is 765 g/mol. The number of esters is 1. The molecule has 0 radical (unpaired) electrons. The van der Waals surface area contributed by atoms with Crippen LogP contribution in [0.1, 0.15) is 150 Å². The summed E-state index contributed by atoms with van der Waals surface area (Å²) < 4.78 is 11.6.